The molecular formula is C22H33N5O7. The van der Waals surface area contributed by atoms with Crippen molar-refractivity contribution in [2.24, 2.45) is 17.4 Å². The number of hydrogen-bond donors (Lipinski definition) is 7. The molecule has 5 unspecified atom stereocenters. The first-order valence-corrected chi connectivity index (χ1v) is 10.8. The molecule has 0 bridgehead atoms. The molecule has 1 aromatic rings. The smallest absolute Gasteiger partial charge is 0.326 e. The molecule has 0 radical (unpaired) electrons. The number of amides is 4. The quantitative estimate of drug-likeness (QED) is 0.158. The van der Waals surface area contributed by atoms with Gasteiger partial charge in [-0.05, 0) is 17.9 Å². The maximum atomic E-state index is 12.7. The monoisotopic (exact) mass is 479 g/mol. The number of primary amides is 1. The number of aliphatic carboxylic acids is 1. The van der Waals surface area contributed by atoms with Gasteiger partial charge in [0.25, 0.3) is 0 Å². The van der Waals surface area contributed by atoms with E-state index < -0.39 is 72.7 Å². The number of rotatable bonds is 14. The predicted octanol–water partition coefficient (Wildman–Crippen LogP) is -1.99. The Morgan fingerprint density at radius 1 is 0.941 bits per heavy atom. The number of carboxylic acids is 1. The fourth-order valence-electron chi connectivity index (χ4n) is 3.05. The van der Waals surface area contributed by atoms with Crippen molar-refractivity contribution in [1.82, 2.24) is 16.0 Å². The van der Waals surface area contributed by atoms with Gasteiger partial charge in [-0.1, -0.05) is 50.6 Å². The van der Waals surface area contributed by atoms with Crippen LogP contribution >= 0.6 is 0 Å². The number of aliphatic hydroxyl groups excluding tert-OH is 1. The van der Waals surface area contributed by atoms with Crippen LogP contribution in [0.4, 0.5) is 0 Å². The predicted molar refractivity (Wildman–Crippen MR) is 122 cm³/mol. The molecule has 0 heterocycles. The van der Waals surface area contributed by atoms with E-state index in [1.54, 1.807) is 44.2 Å². The number of carboxylic acid groups (broad SMARTS) is 1. The SMILES string of the molecule is CCC(C)C(NC(=O)C(CO)NC(=O)C(CC(N)=O)NC(=O)C(N)Cc1ccccc1)C(=O)O. The van der Waals surface area contributed by atoms with E-state index in [1.165, 1.54) is 0 Å². The van der Waals surface area contributed by atoms with Crippen molar-refractivity contribution in [1.29, 1.82) is 0 Å². The Morgan fingerprint density at radius 2 is 1.50 bits per heavy atom. The summed E-state index contributed by atoms with van der Waals surface area (Å²) in [4.78, 5) is 60.5. The van der Waals surface area contributed by atoms with Gasteiger partial charge in [0.2, 0.25) is 23.6 Å². The number of hydrogen-bond acceptors (Lipinski definition) is 7. The fourth-order valence-corrected chi connectivity index (χ4v) is 3.05. The molecule has 0 fully saturated rings. The minimum atomic E-state index is -1.52. The van der Waals surface area contributed by atoms with E-state index in [-0.39, 0.29) is 6.42 Å². The van der Waals surface area contributed by atoms with Crippen molar-refractivity contribution in [2.75, 3.05) is 6.61 Å². The Balaban J connectivity index is 2.87. The fraction of sp³-hybridized carbons (Fsp3) is 0.500. The largest absolute Gasteiger partial charge is 0.480 e. The lowest BCUT2D eigenvalue weighted by Gasteiger charge is -2.25. The van der Waals surface area contributed by atoms with Gasteiger partial charge in [-0.25, -0.2) is 4.79 Å². The lowest BCUT2D eigenvalue weighted by Crippen LogP contribution is -2.59. The molecule has 0 aliphatic carbocycles. The Hall–Kier alpha value is -3.51. The highest BCUT2D eigenvalue weighted by atomic mass is 16.4. The summed E-state index contributed by atoms with van der Waals surface area (Å²) in [6.07, 6.45) is 0.0504. The van der Waals surface area contributed by atoms with Crippen LogP contribution in [-0.2, 0) is 30.4 Å². The van der Waals surface area contributed by atoms with Crippen LogP contribution in [0.1, 0.15) is 32.3 Å². The number of carbonyl (C=O) groups excluding carboxylic acids is 4. The Bertz CT molecular complexity index is 864. The molecule has 0 saturated heterocycles. The van der Waals surface area contributed by atoms with E-state index in [0.717, 1.165) is 5.56 Å². The third kappa shape index (κ3) is 9.16. The lowest BCUT2D eigenvalue weighted by atomic mass is 9.99. The molecule has 9 N–H and O–H groups in total. The van der Waals surface area contributed by atoms with Crippen molar-refractivity contribution in [3.8, 4) is 0 Å². The molecule has 34 heavy (non-hydrogen) atoms. The van der Waals surface area contributed by atoms with E-state index in [1.807, 2.05) is 0 Å². The summed E-state index contributed by atoms with van der Waals surface area (Å²) < 4.78 is 0. The number of nitrogens with two attached hydrogens (primary N) is 2. The first-order chi connectivity index (χ1) is 16.0. The van der Waals surface area contributed by atoms with Crippen molar-refractivity contribution in [3.63, 3.8) is 0 Å². The molecule has 0 spiro atoms. The molecule has 4 amide bonds. The van der Waals surface area contributed by atoms with E-state index in [0.29, 0.717) is 6.42 Å². The summed E-state index contributed by atoms with van der Waals surface area (Å²) in [7, 11) is 0. The summed E-state index contributed by atoms with van der Waals surface area (Å²) in [6.45, 7) is 2.52. The number of benzene rings is 1. The van der Waals surface area contributed by atoms with E-state index >= 15 is 0 Å². The molecule has 0 aliphatic rings. The summed E-state index contributed by atoms with van der Waals surface area (Å²) in [5.74, 6) is -5.21. The summed E-state index contributed by atoms with van der Waals surface area (Å²) in [6, 6.07) is 3.65. The second-order valence-corrected chi connectivity index (χ2v) is 7.98. The van der Waals surface area contributed by atoms with Crippen LogP contribution < -0.4 is 27.4 Å². The molecule has 0 saturated carbocycles. The minimum absolute atomic E-state index is 0.172. The maximum Gasteiger partial charge on any atom is 0.326 e. The maximum absolute atomic E-state index is 12.7. The van der Waals surface area contributed by atoms with Crippen molar-refractivity contribution in [2.45, 2.75) is 57.3 Å². The summed E-state index contributed by atoms with van der Waals surface area (Å²) >= 11 is 0. The third-order valence-corrected chi connectivity index (χ3v) is 5.27. The Labute approximate surface area is 197 Å². The average molecular weight is 480 g/mol. The molecule has 12 nitrogen and oxygen atoms in total. The second kappa shape index (κ2) is 13.9. The third-order valence-electron chi connectivity index (χ3n) is 5.27. The molecule has 0 aromatic heterocycles. The molecule has 188 valence electrons. The second-order valence-electron chi connectivity index (χ2n) is 7.98. The number of nitrogens with one attached hydrogen (secondary N) is 3. The lowest BCUT2D eigenvalue weighted by molar-refractivity contribution is -0.144. The number of aliphatic hydroxyl groups is 1. The normalized spacial score (nSPS) is 15.2. The van der Waals surface area contributed by atoms with Gasteiger partial charge in [0.1, 0.15) is 18.1 Å². The molecular weight excluding hydrogens is 446 g/mol. The van der Waals surface area contributed by atoms with Crippen LogP contribution in [-0.4, -0.2) is 70.6 Å². The summed E-state index contributed by atoms with van der Waals surface area (Å²) in [5, 5.41) is 25.7. The van der Waals surface area contributed by atoms with Crippen LogP contribution in [0.3, 0.4) is 0 Å². The van der Waals surface area contributed by atoms with Crippen LogP contribution in [0, 0.1) is 5.92 Å². The van der Waals surface area contributed by atoms with E-state index in [4.69, 9.17) is 11.5 Å². The zero-order valence-corrected chi connectivity index (χ0v) is 19.2. The van der Waals surface area contributed by atoms with Gasteiger partial charge < -0.3 is 37.6 Å². The van der Waals surface area contributed by atoms with Crippen LogP contribution in [0.15, 0.2) is 30.3 Å². The van der Waals surface area contributed by atoms with Gasteiger partial charge in [0.05, 0.1) is 19.1 Å². The molecule has 0 aliphatic heterocycles. The molecule has 1 aromatic carbocycles. The van der Waals surface area contributed by atoms with E-state index in [2.05, 4.69) is 16.0 Å². The Morgan fingerprint density at radius 3 is 2.00 bits per heavy atom. The zero-order valence-electron chi connectivity index (χ0n) is 19.2. The summed E-state index contributed by atoms with van der Waals surface area (Å²) in [5.41, 5.74) is 11.9. The van der Waals surface area contributed by atoms with Gasteiger partial charge in [-0.3, -0.25) is 19.2 Å². The highest BCUT2D eigenvalue weighted by molar-refractivity contribution is 5.96. The van der Waals surface area contributed by atoms with Gasteiger partial charge in [-0.2, -0.15) is 0 Å². The first kappa shape index (κ1) is 28.5. The number of carbonyl (C=O) groups is 5. The standard InChI is InChI=1S/C22H33N5O7/c1-3-12(2)18(22(33)34)27-21(32)16(11-28)26-20(31)15(10-17(24)29)25-19(30)14(23)9-13-7-5-4-6-8-13/h4-8,12,14-16,18,28H,3,9-11,23H2,1-2H3,(H2,24,29)(H,25,30)(H,26,31)(H,27,32)(H,33,34). The van der Waals surface area contributed by atoms with Gasteiger partial charge in [0, 0.05) is 0 Å². The molecule has 12 heteroatoms. The first-order valence-electron chi connectivity index (χ1n) is 10.8. The zero-order chi connectivity index (χ0) is 25.8. The minimum Gasteiger partial charge on any atom is -0.480 e. The van der Waals surface area contributed by atoms with Crippen molar-refractivity contribution >= 4 is 29.6 Å². The average Bonchev–Trinajstić information content (AvgIpc) is 2.79. The van der Waals surface area contributed by atoms with Crippen LogP contribution in [0.2, 0.25) is 0 Å². The van der Waals surface area contributed by atoms with Crippen molar-refractivity contribution in [3.05, 3.63) is 35.9 Å². The molecule has 5 atom stereocenters. The van der Waals surface area contributed by atoms with Crippen molar-refractivity contribution < 1.29 is 34.2 Å². The highest BCUT2D eigenvalue weighted by Gasteiger charge is 2.32. The van der Waals surface area contributed by atoms with Gasteiger partial charge in [0.15, 0.2) is 0 Å². The van der Waals surface area contributed by atoms with Crippen LogP contribution in [0.5, 0.6) is 0 Å². The van der Waals surface area contributed by atoms with Gasteiger partial charge in [-0.15, -0.1) is 0 Å². The van der Waals surface area contributed by atoms with Crippen LogP contribution in [0.25, 0.3) is 0 Å². The Kier molecular flexibility index (Phi) is 11.7. The molecule has 1 rings (SSSR count). The highest BCUT2D eigenvalue weighted by Crippen LogP contribution is 2.08. The van der Waals surface area contributed by atoms with E-state index in [9.17, 15) is 34.2 Å². The topological polar surface area (TPSA) is 214 Å². The van der Waals surface area contributed by atoms with Gasteiger partial charge >= 0.3 is 5.97 Å².